The van der Waals surface area contributed by atoms with Crippen molar-refractivity contribution in [2.75, 3.05) is 44.7 Å². The van der Waals surface area contributed by atoms with E-state index in [2.05, 4.69) is 21.9 Å². The van der Waals surface area contributed by atoms with Crippen molar-refractivity contribution in [1.29, 1.82) is 0 Å². The Balaban J connectivity index is 1.41. The van der Waals surface area contributed by atoms with Crippen molar-refractivity contribution < 1.29 is 9.13 Å². The fourth-order valence-electron chi connectivity index (χ4n) is 3.22. The number of hydrogen-bond acceptors (Lipinski definition) is 3. The topological polar surface area (TPSA) is 15.7 Å². The van der Waals surface area contributed by atoms with Crippen molar-refractivity contribution in [3.63, 3.8) is 0 Å². The number of hydrogen-bond donors (Lipinski definition) is 0. The van der Waals surface area contributed by atoms with Crippen LogP contribution in [0.15, 0.2) is 48.5 Å². The largest absolute Gasteiger partial charge is 0.497 e. The quantitative estimate of drug-likeness (QED) is 0.806. The van der Waals surface area contributed by atoms with E-state index in [1.807, 2.05) is 18.2 Å². The van der Waals surface area contributed by atoms with Crippen LogP contribution in [0.3, 0.4) is 0 Å². The van der Waals surface area contributed by atoms with Gasteiger partial charge >= 0.3 is 0 Å². The SMILES string of the molecule is COc1ccc(N2CCN(CCCc3cccc(F)c3)CC2)cc1. The maximum Gasteiger partial charge on any atom is 0.123 e. The second kappa shape index (κ2) is 8.15. The zero-order chi connectivity index (χ0) is 16.8. The Kier molecular flexibility index (Phi) is 5.70. The van der Waals surface area contributed by atoms with Gasteiger partial charge in [-0.1, -0.05) is 12.1 Å². The van der Waals surface area contributed by atoms with Gasteiger partial charge in [-0.15, -0.1) is 0 Å². The molecule has 0 amide bonds. The Morgan fingerprint density at radius 2 is 1.75 bits per heavy atom. The summed E-state index contributed by atoms with van der Waals surface area (Å²) in [6.45, 7) is 5.33. The van der Waals surface area contributed by atoms with Gasteiger partial charge in [0, 0.05) is 31.9 Å². The fraction of sp³-hybridized carbons (Fsp3) is 0.400. The van der Waals surface area contributed by atoms with Crippen LogP contribution in [0, 0.1) is 5.82 Å². The summed E-state index contributed by atoms with van der Waals surface area (Å²) in [6, 6.07) is 15.2. The van der Waals surface area contributed by atoms with E-state index in [1.165, 1.54) is 11.8 Å². The van der Waals surface area contributed by atoms with Gasteiger partial charge in [-0.05, 0) is 61.3 Å². The Morgan fingerprint density at radius 1 is 1.00 bits per heavy atom. The minimum Gasteiger partial charge on any atom is -0.497 e. The number of nitrogens with zero attached hydrogens (tertiary/aromatic N) is 2. The van der Waals surface area contributed by atoms with Crippen LogP contribution in [-0.4, -0.2) is 44.7 Å². The van der Waals surface area contributed by atoms with Crippen LogP contribution in [0.5, 0.6) is 5.75 Å². The third kappa shape index (κ3) is 4.48. The first-order chi connectivity index (χ1) is 11.7. The molecule has 2 aromatic carbocycles. The van der Waals surface area contributed by atoms with Crippen LogP contribution in [-0.2, 0) is 6.42 Å². The Hall–Kier alpha value is -2.07. The molecule has 3 rings (SSSR count). The molecule has 0 spiro atoms. The van der Waals surface area contributed by atoms with Crippen molar-refractivity contribution >= 4 is 5.69 Å². The zero-order valence-corrected chi connectivity index (χ0v) is 14.2. The summed E-state index contributed by atoms with van der Waals surface area (Å²) in [5.74, 6) is 0.760. The lowest BCUT2D eigenvalue weighted by molar-refractivity contribution is 0.255. The Bertz CT molecular complexity index is 636. The predicted octanol–water partition coefficient (Wildman–Crippen LogP) is 3.59. The number of aryl methyl sites for hydroxylation is 1. The van der Waals surface area contributed by atoms with E-state index < -0.39 is 0 Å². The van der Waals surface area contributed by atoms with E-state index in [4.69, 9.17) is 4.74 Å². The standard InChI is InChI=1S/C20H25FN2O/c1-24-20-9-7-19(8-10-20)23-14-12-22(13-15-23)11-3-5-17-4-2-6-18(21)16-17/h2,4,6-10,16H,3,5,11-15H2,1H3. The van der Waals surface area contributed by atoms with Gasteiger partial charge in [-0.3, -0.25) is 4.90 Å². The van der Waals surface area contributed by atoms with Crippen molar-refractivity contribution in [3.05, 3.63) is 59.9 Å². The number of piperazine rings is 1. The fourth-order valence-corrected chi connectivity index (χ4v) is 3.22. The van der Waals surface area contributed by atoms with Crippen molar-refractivity contribution in [1.82, 2.24) is 4.90 Å². The van der Waals surface area contributed by atoms with Gasteiger partial charge in [-0.2, -0.15) is 0 Å². The molecule has 4 heteroatoms. The molecule has 0 radical (unpaired) electrons. The van der Waals surface area contributed by atoms with Gasteiger partial charge in [-0.25, -0.2) is 4.39 Å². The second-order valence-electron chi connectivity index (χ2n) is 6.26. The van der Waals surface area contributed by atoms with Crippen LogP contribution in [0.2, 0.25) is 0 Å². The molecule has 1 fully saturated rings. The highest BCUT2D eigenvalue weighted by molar-refractivity contribution is 5.49. The molecule has 24 heavy (non-hydrogen) atoms. The highest BCUT2D eigenvalue weighted by atomic mass is 19.1. The third-order valence-corrected chi connectivity index (χ3v) is 4.64. The number of rotatable bonds is 6. The Labute approximate surface area is 143 Å². The van der Waals surface area contributed by atoms with E-state index in [0.29, 0.717) is 0 Å². The lowest BCUT2D eigenvalue weighted by Gasteiger charge is -2.36. The summed E-state index contributed by atoms with van der Waals surface area (Å²) in [6.07, 6.45) is 2.02. The lowest BCUT2D eigenvalue weighted by Crippen LogP contribution is -2.46. The summed E-state index contributed by atoms with van der Waals surface area (Å²) >= 11 is 0. The average Bonchev–Trinajstić information content (AvgIpc) is 2.63. The van der Waals surface area contributed by atoms with Gasteiger partial charge in [0.25, 0.3) is 0 Å². The molecule has 0 aromatic heterocycles. The van der Waals surface area contributed by atoms with Gasteiger partial charge < -0.3 is 9.64 Å². The second-order valence-corrected chi connectivity index (χ2v) is 6.26. The minimum absolute atomic E-state index is 0.138. The Morgan fingerprint density at radius 3 is 2.42 bits per heavy atom. The molecule has 1 aliphatic heterocycles. The van der Waals surface area contributed by atoms with E-state index in [-0.39, 0.29) is 5.82 Å². The van der Waals surface area contributed by atoms with Crippen molar-refractivity contribution in [2.24, 2.45) is 0 Å². The normalized spacial score (nSPS) is 15.5. The summed E-state index contributed by atoms with van der Waals surface area (Å²) < 4.78 is 18.4. The first-order valence-electron chi connectivity index (χ1n) is 8.60. The van der Waals surface area contributed by atoms with Gasteiger partial charge in [0.05, 0.1) is 7.11 Å². The first-order valence-corrected chi connectivity index (χ1v) is 8.60. The zero-order valence-electron chi connectivity index (χ0n) is 14.2. The maximum absolute atomic E-state index is 13.2. The predicted molar refractivity (Wildman–Crippen MR) is 96.4 cm³/mol. The molecule has 0 aliphatic carbocycles. The molecule has 0 atom stereocenters. The van der Waals surface area contributed by atoms with E-state index in [1.54, 1.807) is 19.2 Å². The molecule has 3 nitrogen and oxygen atoms in total. The molecule has 2 aromatic rings. The number of anilines is 1. The molecular formula is C20H25FN2O. The molecule has 128 valence electrons. The van der Waals surface area contributed by atoms with Crippen LogP contribution in [0.25, 0.3) is 0 Å². The van der Waals surface area contributed by atoms with Gasteiger partial charge in [0.1, 0.15) is 11.6 Å². The van der Waals surface area contributed by atoms with Crippen LogP contribution in [0.1, 0.15) is 12.0 Å². The summed E-state index contributed by atoms with van der Waals surface area (Å²) in [4.78, 5) is 4.92. The highest BCUT2D eigenvalue weighted by Crippen LogP contribution is 2.20. The van der Waals surface area contributed by atoms with Crippen molar-refractivity contribution in [2.45, 2.75) is 12.8 Å². The maximum atomic E-state index is 13.2. The van der Waals surface area contributed by atoms with Crippen LogP contribution >= 0.6 is 0 Å². The molecule has 0 saturated carbocycles. The molecule has 1 heterocycles. The lowest BCUT2D eigenvalue weighted by atomic mass is 10.1. The van der Waals surface area contributed by atoms with Crippen LogP contribution < -0.4 is 9.64 Å². The molecule has 1 saturated heterocycles. The molecular weight excluding hydrogens is 303 g/mol. The number of methoxy groups -OCH3 is 1. The molecule has 1 aliphatic rings. The van der Waals surface area contributed by atoms with Gasteiger partial charge in [0.15, 0.2) is 0 Å². The number of benzene rings is 2. The molecule has 0 bridgehead atoms. The first kappa shape index (κ1) is 16.8. The van der Waals surface area contributed by atoms with Crippen molar-refractivity contribution in [3.8, 4) is 5.75 Å². The number of halogens is 1. The smallest absolute Gasteiger partial charge is 0.123 e. The highest BCUT2D eigenvalue weighted by Gasteiger charge is 2.16. The molecule has 0 N–H and O–H groups in total. The van der Waals surface area contributed by atoms with E-state index in [0.717, 1.165) is 56.9 Å². The summed E-state index contributed by atoms with van der Waals surface area (Å²) in [5.41, 5.74) is 2.35. The van der Waals surface area contributed by atoms with E-state index >= 15 is 0 Å². The third-order valence-electron chi connectivity index (χ3n) is 4.64. The van der Waals surface area contributed by atoms with E-state index in [9.17, 15) is 4.39 Å². The minimum atomic E-state index is -0.138. The average molecular weight is 328 g/mol. The monoisotopic (exact) mass is 328 g/mol. The van der Waals surface area contributed by atoms with Crippen LogP contribution in [0.4, 0.5) is 10.1 Å². The molecule has 0 unspecified atom stereocenters. The number of ether oxygens (including phenoxy) is 1. The summed E-state index contributed by atoms with van der Waals surface area (Å²) in [5, 5.41) is 0. The summed E-state index contributed by atoms with van der Waals surface area (Å²) in [7, 11) is 1.69. The van der Waals surface area contributed by atoms with Gasteiger partial charge in [0.2, 0.25) is 0 Å².